The minimum Gasteiger partial charge on any atom is -0.396 e. The molecule has 0 aliphatic rings. The van der Waals surface area contributed by atoms with Crippen molar-refractivity contribution >= 4 is 0 Å². The standard InChI is InChI=1S/2C10H22O.C8H18O/c1-5-6-10(4,8-11)7-9(2)3;1-5-10(6-2,8-11)7-9(3)4;1-6(2)7(3)5-8(4)9/h2*9,11H,5-8H2,1-4H3;6-9H,5H2,1-4H3/t;;7-,8-/m..0/s1. The SMILES string of the molecule is CC(C)[C@@H](C)C[C@H](C)O.CCC(CC)(CO)CC(C)C.CCCC(C)(CO)CC(C)C. The van der Waals surface area contributed by atoms with Gasteiger partial charge in [-0.2, -0.15) is 0 Å². The van der Waals surface area contributed by atoms with E-state index >= 15 is 0 Å². The van der Waals surface area contributed by atoms with E-state index in [-0.39, 0.29) is 16.9 Å². The van der Waals surface area contributed by atoms with Gasteiger partial charge in [-0.3, -0.25) is 0 Å². The lowest BCUT2D eigenvalue weighted by atomic mass is 9.76. The lowest BCUT2D eigenvalue weighted by Crippen LogP contribution is -2.25. The minimum atomic E-state index is -0.137. The van der Waals surface area contributed by atoms with Gasteiger partial charge in [0.1, 0.15) is 0 Å². The zero-order valence-corrected chi connectivity index (χ0v) is 23.6. The Morgan fingerprint density at radius 1 is 0.710 bits per heavy atom. The third-order valence-corrected chi connectivity index (χ3v) is 6.66. The van der Waals surface area contributed by atoms with Gasteiger partial charge in [0, 0.05) is 13.2 Å². The van der Waals surface area contributed by atoms with Crippen LogP contribution in [0.25, 0.3) is 0 Å². The average Bonchev–Trinajstić information content (AvgIpc) is 2.66. The van der Waals surface area contributed by atoms with Gasteiger partial charge in [-0.15, -0.1) is 0 Å². The Kier molecular flexibility index (Phi) is 22.1. The van der Waals surface area contributed by atoms with Gasteiger partial charge < -0.3 is 15.3 Å². The summed E-state index contributed by atoms with van der Waals surface area (Å²) in [7, 11) is 0. The van der Waals surface area contributed by atoms with Gasteiger partial charge in [0.25, 0.3) is 0 Å². The summed E-state index contributed by atoms with van der Waals surface area (Å²) >= 11 is 0. The fourth-order valence-electron chi connectivity index (χ4n) is 4.34. The molecule has 31 heavy (non-hydrogen) atoms. The molecule has 0 aromatic heterocycles. The first-order chi connectivity index (χ1) is 14.2. The first-order valence-corrected chi connectivity index (χ1v) is 13.1. The van der Waals surface area contributed by atoms with E-state index in [1.54, 1.807) is 0 Å². The van der Waals surface area contributed by atoms with Crippen molar-refractivity contribution in [2.75, 3.05) is 13.2 Å². The van der Waals surface area contributed by atoms with Crippen molar-refractivity contribution in [1.82, 2.24) is 0 Å². The van der Waals surface area contributed by atoms with E-state index in [0.29, 0.717) is 36.9 Å². The number of aliphatic hydroxyl groups excluding tert-OH is 3. The molecule has 0 spiro atoms. The first-order valence-electron chi connectivity index (χ1n) is 13.1. The smallest absolute Gasteiger partial charge is 0.0514 e. The predicted molar refractivity (Wildman–Crippen MR) is 139 cm³/mol. The topological polar surface area (TPSA) is 60.7 Å². The van der Waals surface area contributed by atoms with Crippen LogP contribution in [0.4, 0.5) is 0 Å². The first kappa shape index (κ1) is 35.5. The van der Waals surface area contributed by atoms with Crippen LogP contribution < -0.4 is 0 Å². The molecular weight excluding hydrogens is 384 g/mol. The Morgan fingerprint density at radius 3 is 1.32 bits per heavy atom. The average molecular weight is 447 g/mol. The minimum absolute atomic E-state index is 0.137. The fraction of sp³-hybridized carbons (Fsp3) is 1.00. The Balaban J connectivity index is -0.000000382. The highest BCUT2D eigenvalue weighted by Gasteiger charge is 2.25. The van der Waals surface area contributed by atoms with Crippen LogP contribution in [0.15, 0.2) is 0 Å². The Morgan fingerprint density at radius 2 is 1.16 bits per heavy atom. The molecule has 0 rings (SSSR count). The quantitative estimate of drug-likeness (QED) is 0.271. The third kappa shape index (κ3) is 20.2. The highest BCUT2D eigenvalue weighted by molar-refractivity contribution is 4.76. The van der Waals surface area contributed by atoms with Gasteiger partial charge in [0.15, 0.2) is 0 Å². The maximum absolute atomic E-state index is 9.23. The molecule has 0 radical (unpaired) electrons. The van der Waals surface area contributed by atoms with Gasteiger partial charge in [0.05, 0.1) is 6.10 Å². The number of aliphatic hydroxyl groups is 3. The van der Waals surface area contributed by atoms with E-state index in [4.69, 9.17) is 10.2 Å². The number of rotatable bonds is 13. The summed E-state index contributed by atoms with van der Waals surface area (Å²) in [6.45, 7) is 26.6. The van der Waals surface area contributed by atoms with Crippen LogP contribution in [-0.2, 0) is 0 Å². The molecule has 0 aromatic rings. The van der Waals surface area contributed by atoms with Gasteiger partial charge in [-0.05, 0) is 80.0 Å². The zero-order valence-electron chi connectivity index (χ0n) is 23.6. The summed E-state index contributed by atoms with van der Waals surface area (Å²) in [5, 5.41) is 27.4. The summed E-state index contributed by atoms with van der Waals surface area (Å²) in [6, 6.07) is 0. The van der Waals surface area contributed by atoms with Crippen molar-refractivity contribution in [3.8, 4) is 0 Å². The Bertz CT molecular complexity index is 364. The van der Waals surface area contributed by atoms with Crippen LogP contribution in [0.5, 0.6) is 0 Å². The van der Waals surface area contributed by atoms with Crippen molar-refractivity contribution < 1.29 is 15.3 Å². The van der Waals surface area contributed by atoms with Crippen LogP contribution in [-0.4, -0.2) is 34.6 Å². The van der Waals surface area contributed by atoms with Crippen LogP contribution >= 0.6 is 0 Å². The molecule has 0 fully saturated rings. The molecule has 0 bridgehead atoms. The molecule has 1 unspecified atom stereocenters. The fourth-order valence-corrected chi connectivity index (χ4v) is 4.34. The van der Waals surface area contributed by atoms with E-state index in [1.807, 2.05) is 6.92 Å². The molecule has 0 saturated carbocycles. The molecule has 3 nitrogen and oxygen atoms in total. The van der Waals surface area contributed by atoms with Crippen molar-refractivity contribution in [2.24, 2.45) is 34.5 Å². The predicted octanol–water partition coefficient (Wildman–Crippen LogP) is 7.71. The normalized spacial score (nSPS) is 15.7. The van der Waals surface area contributed by atoms with Crippen LogP contribution in [0.1, 0.15) is 128 Å². The van der Waals surface area contributed by atoms with Crippen LogP contribution in [0.2, 0.25) is 0 Å². The highest BCUT2D eigenvalue weighted by Crippen LogP contribution is 2.33. The summed E-state index contributed by atoms with van der Waals surface area (Å²) in [6.07, 6.45) is 7.58. The molecule has 0 aromatic carbocycles. The Labute approximate surface area is 197 Å². The van der Waals surface area contributed by atoms with E-state index in [1.165, 1.54) is 6.42 Å². The third-order valence-electron chi connectivity index (χ3n) is 6.66. The second-order valence-electron chi connectivity index (χ2n) is 11.6. The van der Waals surface area contributed by atoms with Crippen molar-refractivity contribution in [3.05, 3.63) is 0 Å². The molecule has 0 aliphatic carbocycles. The molecule has 0 saturated heterocycles. The van der Waals surface area contributed by atoms with Crippen molar-refractivity contribution in [3.63, 3.8) is 0 Å². The number of hydrogen-bond donors (Lipinski definition) is 3. The van der Waals surface area contributed by atoms with Crippen LogP contribution in [0.3, 0.4) is 0 Å². The van der Waals surface area contributed by atoms with Gasteiger partial charge in [-0.25, -0.2) is 0 Å². The monoisotopic (exact) mass is 446 g/mol. The van der Waals surface area contributed by atoms with Crippen LogP contribution in [0, 0.1) is 34.5 Å². The second-order valence-corrected chi connectivity index (χ2v) is 11.6. The van der Waals surface area contributed by atoms with E-state index in [2.05, 4.69) is 76.2 Å². The molecule has 192 valence electrons. The van der Waals surface area contributed by atoms with E-state index in [9.17, 15) is 5.11 Å². The second kappa shape index (κ2) is 19.4. The molecule has 3 N–H and O–H groups in total. The lowest BCUT2D eigenvalue weighted by Gasteiger charge is -2.31. The maximum atomic E-state index is 9.23. The Hall–Kier alpha value is -0.120. The summed E-state index contributed by atoms with van der Waals surface area (Å²) in [5.74, 6) is 2.73. The molecule has 0 heterocycles. The van der Waals surface area contributed by atoms with E-state index in [0.717, 1.165) is 38.5 Å². The summed E-state index contributed by atoms with van der Waals surface area (Å²) < 4.78 is 0. The number of hydrogen-bond acceptors (Lipinski definition) is 3. The molecule has 3 heteroatoms. The molecule has 0 amide bonds. The van der Waals surface area contributed by atoms with Gasteiger partial charge in [0.2, 0.25) is 0 Å². The molecule has 0 aliphatic heterocycles. The van der Waals surface area contributed by atoms with Crippen molar-refractivity contribution in [2.45, 2.75) is 134 Å². The maximum Gasteiger partial charge on any atom is 0.0514 e. The summed E-state index contributed by atoms with van der Waals surface area (Å²) in [4.78, 5) is 0. The highest BCUT2D eigenvalue weighted by atomic mass is 16.3. The molecule has 3 atom stereocenters. The summed E-state index contributed by atoms with van der Waals surface area (Å²) in [5.41, 5.74) is 0.372. The molecular formula is C28H62O3. The lowest BCUT2D eigenvalue weighted by molar-refractivity contribution is 0.0916. The largest absolute Gasteiger partial charge is 0.396 e. The van der Waals surface area contributed by atoms with Gasteiger partial charge in [-0.1, -0.05) is 82.6 Å². The van der Waals surface area contributed by atoms with E-state index < -0.39 is 0 Å². The van der Waals surface area contributed by atoms with Crippen molar-refractivity contribution in [1.29, 1.82) is 0 Å². The zero-order chi connectivity index (χ0) is 25.3. The van der Waals surface area contributed by atoms with Gasteiger partial charge >= 0.3 is 0 Å².